The van der Waals surface area contributed by atoms with Gasteiger partial charge in [0.2, 0.25) is 5.95 Å². The van der Waals surface area contributed by atoms with Crippen LogP contribution in [0.5, 0.6) is 0 Å². The van der Waals surface area contributed by atoms with Crippen LogP contribution in [0.25, 0.3) is 0 Å². The molecule has 0 spiro atoms. The van der Waals surface area contributed by atoms with Crippen molar-refractivity contribution in [3.8, 4) is 0 Å². The van der Waals surface area contributed by atoms with Crippen LogP contribution >= 0.6 is 0 Å². The summed E-state index contributed by atoms with van der Waals surface area (Å²) < 4.78 is 0. The highest BCUT2D eigenvalue weighted by Crippen LogP contribution is 2.22. The summed E-state index contributed by atoms with van der Waals surface area (Å²) in [6.45, 7) is 3.44. The number of hydrogen-bond donors (Lipinski definition) is 2. The van der Waals surface area contributed by atoms with E-state index in [2.05, 4.69) is 14.9 Å². The third-order valence-corrected chi connectivity index (χ3v) is 2.95. The Balaban J connectivity index is 2.28. The number of hydrogen-bond acceptors (Lipinski definition) is 5. The first-order valence-electron chi connectivity index (χ1n) is 5.66. The number of aliphatic hydroxyl groups is 1. The van der Waals surface area contributed by atoms with E-state index in [4.69, 9.17) is 5.73 Å². The predicted octanol–water partition coefficient (Wildman–Crippen LogP) is 0.205. The van der Waals surface area contributed by atoms with Crippen molar-refractivity contribution in [2.45, 2.75) is 32.4 Å². The van der Waals surface area contributed by atoms with Crippen LogP contribution in [0.3, 0.4) is 0 Å². The zero-order valence-corrected chi connectivity index (χ0v) is 9.56. The Morgan fingerprint density at radius 1 is 1.56 bits per heavy atom. The molecule has 1 aliphatic heterocycles. The molecule has 5 heteroatoms. The average Bonchev–Trinajstić information content (AvgIpc) is 2.76. The molecule has 1 aliphatic rings. The molecule has 16 heavy (non-hydrogen) atoms. The molecule has 1 aromatic rings. The molecule has 0 saturated carbocycles. The van der Waals surface area contributed by atoms with Gasteiger partial charge < -0.3 is 15.7 Å². The van der Waals surface area contributed by atoms with E-state index in [9.17, 15) is 5.11 Å². The van der Waals surface area contributed by atoms with Gasteiger partial charge in [-0.1, -0.05) is 0 Å². The van der Waals surface area contributed by atoms with E-state index in [-0.39, 0.29) is 12.6 Å². The molecular formula is C11H18N4O. The summed E-state index contributed by atoms with van der Waals surface area (Å²) in [5, 5.41) is 9.27. The molecule has 0 amide bonds. The lowest BCUT2D eigenvalue weighted by molar-refractivity contribution is 0.265. The quantitative estimate of drug-likeness (QED) is 0.764. The van der Waals surface area contributed by atoms with Crippen LogP contribution < -0.4 is 10.6 Å². The fourth-order valence-corrected chi connectivity index (χ4v) is 2.14. The van der Waals surface area contributed by atoms with E-state index >= 15 is 0 Å². The van der Waals surface area contributed by atoms with Crippen LogP contribution in [0, 0.1) is 6.92 Å². The first-order valence-corrected chi connectivity index (χ1v) is 5.66. The lowest BCUT2D eigenvalue weighted by Crippen LogP contribution is -2.33. The zero-order valence-electron chi connectivity index (χ0n) is 9.56. The summed E-state index contributed by atoms with van der Waals surface area (Å²) in [7, 11) is 0. The SMILES string of the molecule is Cc1cc(CN)nc(N2CCCC2CO)n1. The highest BCUT2D eigenvalue weighted by Gasteiger charge is 2.26. The minimum Gasteiger partial charge on any atom is -0.394 e. The third kappa shape index (κ3) is 2.15. The van der Waals surface area contributed by atoms with Crippen LogP contribution in [0.15, 0.2) is 6.07 Å². The van der Waals surface area contributed by atoms with Crippen LogP contribution in [-0.4, -0.2) is 34.3 Å². The van der Waals surface area contributed by atoms with Crippen LogP contribution in [0.4, 0.5) is 5.95 Å². The molecule has 2 rings (SSSR count). The van der Waals surface area contributed by atoms with Gasteiger partial charge in [0.1, 0.15) is 0 Å². The Bertz CT molecular complexity index is 369. The average molecular weight is 222 g/mol. The largest absolute Gasteiger partial charge is 0.394 e. The molecule has 0 aliphatic carbocycles. The van der Waals surface area contributed by atoms with E-state index in [1.807, 2.05) is 13.0 Å². The predicted molar refractivity (Wildman–Crippen MR) is 62.1 cm³/mol. The lowest BCUT2D eigenvalue weighted by atomic mass is 10.2. The molecule has 1 aromatic heterocycles. The van der Waals surface area contributed by atoms with Gasteiger partial charge in [-0.2, -0.15) is 0 Å². The topological polar surface area (TPSA) is 75.3 Å². The lowest BCUT2D eigenvalue weighted by Gasteiger charge is -2.23. The van der Waals surface area contributed by atoms with Crippen molar-refractivity contribution in [2.24, 2.45) is 5.73 Å². The van der Waals surface area contributed by atoms with Crippen LogP contribution in [0.1, 0.15) is 24.2 Å². The van der Waals surface area contributed by atoms with Crippen molar-refractivity contribution in [2.75, 3.05) is 18.1 Å². The highest BCUT2D eigenvalue weighted by atomic mass is 16.3. The Kier molecular flexibility index (Phi) is 3.36. The van der Waals surface area contributed by atoms with E-state index in [1.54, 1.807) is 0 Å². The molecule has 88 valence electrons. The number of aryl methyl sites for hydroxylation is 1. The molecule has 1 unspecified atom stereocenters. The van der Waals surface area contributed by atoms with Gasteiger partial charge in [-0.15, -0.1) is 0 Å². The van der Waals surface area contributed by atoms with E-state index in [0.717, 1.165) is 30.8 Å². The fraction of sp³-hybridized carbons (Fsp3) is 0.636. The minimum absolute atomic E-state index is 0.160. The second-order valence-electron chi connectivity index (χ2n) is 4.18. The van der Waals surface area contributed by atoms with Crippen molar-refractivity contribution in [3.63, 3.8) is 0 Å². The smallest absolute Gasteiger partial charge is 0.226 e. The maximum atomic E-state index is 9.27. The molecule has 1 saturated heterocycles. The normalized spacial score (nSPS) is 20.4. The summed E-state index contributed by atoms with van der Waals surface area (Å²) in [6, 6.07) is 2.06. The standard InChI is InChI=1S/C11H18N4O/c1-8-5-9(6-12)14-11(13-8)15-4-2-3-10(15)7-16/h5,10,16H,2-4,6-7,12H2,1H3. The van der Waals surface area contributed by atoms with Gasteiger partial charge in [0.25, 0.3) is 0 Å². The van der Waals surface area contributed by atoms with Crippen molar-refractivity contribution in [3.05, 3.63) is 17.5 Å². The number of aliphatic hydroxyl groups excluding tert-OH is 1. The molecular weight excluding hydrogens is 204 g/mol. The van der Waals surface area contributed by atoms with E-state index in [1.165, 1.54) is 0 Å². The monoisotopic (exact) mass is 222 g/mol. The molecule has 0 aromatic carbocycles. The second kappa shape index (κ2) is 4.76. The fourth-order valence-electron chi connectivity index (χ4n) is 2.14. The molecule has 3 N–H and O–H groups in total. The number of nitrogens with zero attached hydrogens (tertiary/aromatic N) is 3. The molecule has 0 bridgehead atoms. The number of aromatic nitrogens is 2. The summed E-state index contributed by atoms with van der Waals surface area (Å²) in [6.07, 6.45) is 2.09. The number of rotatable bonds is 3. The van der Waals surface area contributed by atoms with Crippen LogP contribution in [-0.2, 0) is 6.54 Å². The minimum atomic E-state index is 0.160. The van der Waals surface area contributed by atoms with Gasteiger partial charge in [-0.25, -0.2) is 9.97 Å². The Morgan fingerprint density at radius 3 is 3.06 bits per heavy atom. The first kappa shape index (κ1) is 11.3. The molecule has 5 nitrogen and oxygen atoms in total. The van der Waals surface area contributed by atoms with E-state index < -0.39 is 0 Å². The van der Waals surface area contributed by atoms with Crippen molar-refractivity contribution in [1.82, 2.24) is 9.97 Å². The van der Waals surface area contributed by atoms with Crippen molar-refractivity contribution >= 4 is 5.95 Å². The number of anilines is 1. The van der Waals surface area contributed by atoms with Crippen molar-refractivity contribution < 1.29 is 5.11 Å². The van der Waals surface area contributed by atoms with Gasteiger partial charge in [0.05, 0.1) is 18.3 Å². The van der Waals surface area contributed by atoms with Crippen LogP contribution in [0.2, 0.25) is 0 Å². The summed E-state index contributed by atoms with van der Waals surface area (Å²) in [5.74, 6) is 0.706. The summed E-state index contributed by atoms with van der Waals surface area (Å²) in [4.78, 5) is 10.9. The Hall–Kier alpha value is -1.20. The van der Waals surface area contributed by atoms with Gasteiger partial charge in [-0.3, -0.25) is 0 Å². The number of nitrogens with two attached hydrogens (primary N) is 1. The molecule has 1 fully saturated rings. The molecule has 0 radical (unpaired) electrons. The van der Waals surface area contributed by atoms with Gasteiger partial charge in [-0.05, 0) is 25.8 Å². The van der Waals surface area contributed by atoms with Gasteiger partial charge in [0, 0.05) is 18.8 Å². The first-order chi connectivity index (χ1) is 7.74. The Labute approximate surface area is 95.3 Å². The Morgan fingerprint density at radius 2 is 2.38 bits per heavy atom. The van der Waals surface area contributed by atoms with Gasteiger partial charge >= 0.3 is 0 Å². The zero-order chi connectivity index (χ0) is 11.5. The van der Waals surface area contributed by atoms with E-state index in [0.29, 0.717) is 12.5 Å². The van der Waals surface area contributed by atoms with Gasteiger partial charge in [0.15, 0.2) is 0 Å². The maximum absolute atomic E-state index is 9.27. The summed E-state index contributed by atoms with van der Waals surface area (Å²) in [5.41, 5.74) is 7.37. The molecule has 2 heterocycles. The van der Waals surface area contributed by atoms with Crippen molar-refractivity contribution in [1.29, 1.82) is 0 Å². The highest BCUT2D eigenvalue weighted by molar-refractivity contribution is 5.35. The maximum Gasteiger partial charge on any atom is 0.226 e. The molecule has 1 atom stereocenters. The summed E-state index contributed by atoms with van der Waals surface area (Å²) >= 11 is 0. The second-order valence-corrected chi connectivity index (χ2v) is 4.18. The third-order valence-electron chi connectivity index (χ3n) is 2.95.